The van der Waals surface area contributed by atoms with Crippen LogP contribution in [0.15, 0.2) is 36.4 Å². The number of aliphatic hydroxyl groups excluding tert-OH is 1. The van der Waals surface area contributed by atoms with Gasteiger partial charge in [0.15, 0.2) is 0 Å². The van der Waals surface area contributed by atoms with Gasteiger partial charge in [-0.15, -0.1) is 0 Å². The second-order valence-corrected chi connectivity index (χ2v) is 9.05. The molecule has 1 fully saturated rings. The van der Waals surface area contributed by atoms with Crippen LogP contribution in [0.4, 0.5) is 0 Å². The van der Waals surface area contributed by atoms with Crippen LogP contribution in [0.25, 0.3) is 21.5 Å². The van der Waals surface area contributed by atoms with Gasteiger partial charge in [0.1, 0.15) is 17.0 Å². The monoisotopic (exact) mass is 465 g/mol. The number of unbranched alkanes of at least 4 members (excludes halogenated alkanes) is 1. The summed E-state index contributed by atoms with van der Waals surface area (Å²) in [6, 6.07) is 11.7. The topological polar surface area (TPSA) is 96.3 Å². The number of aliphatic carboxylic acids is 1. The molecule has 0 saturated carbocycles. The fraction of sp³-hybridized carbons (Fsp3) is 0.407. The third kappa shape index (κ3) is 4.16. The molecule has 4 rings (SSSR count). The minimum atomic E-state index is -1.25. The smallest absolute Gasteiger partial charge is 0.329 e. The van der Waals surface area contributed by atoms with Gasteiger partial charge in [0.05, 0.1) is 20.3 Å². The van der Waals surface area contributed by atoms with Crippen LogP contribution < -0.4 is 9.47 Å². The molecule has 1 atom stereocenters. The Hall–Kier alpha value is -3.32. The van der Waals surface area contributed by atoms with Crippen LogP contribution in [-0.2, 0) is 22.7 Å². The van der Waals surface area contributed by atoms with Crippen molar-refractivity contribution in [2.45, 2.75) is 58.2 Å². The van der Waals surface area contributed by atoms with Crippen LogP contribution in [-0.4, -0.2) is 46.2 Å². The summed E-state index contributed by atoms with van der Waals surface area (Å²) in [4.78, 5) is 26.2. The molecule has 0 radical (unpaired) electrons. The van der Waals surface area contributed by atoms with Crippen LogP contribution in [0.1, 0.15) is 50.7 Å². The zero-order chi connectivity index (χ0) is 24.5. The Balaban J connectivity index is 1.89. The van der Waals surface area contributed by atoms with E-state index in [0.717, 1.165) is 45.7 Å². The number of ether oxygens (including phenoxy) is 2. The molecule has 2 N–H and O–H groups in total. The van der Waals surface area contributed by atoms with E-state index in [1.54, 1.807) is 14.0 Å². The Bertz CT molecular complexity index is 1250. The van der Waals surface area contributed by atoms with E-state index >= 15 is 0 Å². The zero-order valence-electron chi connectivity index (χ0n) is 19.9. The lowest BCUT2D eigenvalue weighted by Crippen LogP contribution is -2.49. The Morgan fingerprint density at radius 2 is 1.91 bits per heavy atom. The first-order valence-electron chi connectivity index (χ1n) is 11.7. The lowest BCUT2D eigenvalue weighted by atomic mass is 9.93. The minimum Gasteiger partial charge on any atom is -0.496 e. The SMILES string of the molecule is CCCCOc1ccc2cc(CN3C(=O)CCC3(C)C(=O)O)c3cc(OC)c(CO)cc3c2c1. The third-order valence-corrected chi connectivity index (χ3v) is 6.86. The number of likely N-dealkylation sites (tertiary alicyclic amines) is 1. The van der Waals surface area contributed by atoms with Crippen molar-refractivity contribution < 1.29 is 29.3 Å². The van der Waals surface area contributed by atoms with E-state index < -0.39 is 11.5 Å². The number of carboxylic acids is 1. The van der Waals surface area contributed by atoms with Gasteiger partial charge in [0.2, 0.25) is 5.91 Å². The molecule has 34 heavy (non-hydrogen) atoms. The molecule has 1 unspecified atom stereocenters. The quantitative estimate of drug-likeness (QED) is 0.353. The number of carbonyl (C=O) groups excluding carboxylic acids is 1. The molecule has 3 aromatic rings. The van der Waals surface area contributed by atoms with Crippen LogP contribution in [0.2, 0.25) is 0 Å². The third-order valence-electron chi connectivity index (χ3n) is 6.86. The van der Waals surface area contributed by atoms with Gasteiger partial charge in [-0.1, -0.05) is 19.4 Å². The van der Waals surface area contributed by atoms with Crippen molar-refractivity contribution in [3.05, 3.63) is 47.5 Å². The van der Waals surface area contributed by atoms with Gasteiger partial charge in [0, 0.05) is 18.5 Å². The van der Waals surface area contributed by atoms with Gasteiger partial charge in [0.25, 0.3) is 0 Å². The van der Waals surface area contributed by atoms with E-state index in [0.29, 0.717) is 17.9 Å². The molecule has 0 spiro atoms. The predicted molar refractivity (Wildman–Crippen MR) is 130 cm³/mol. The summed E-state index contributed by atoms with van der Waals surface area (Å²) in [5.41, 5.74) is 0.232. The highest BCUT2D eigenvalue weighted by molar-refractivity contribution is 6.10. The first-order chi connectivity index (χ1) is 16.3. The summed E-state index contributed by atoms with van der Waals surface area (Å²) in [5.74, 6) is 0.137. The summed E-state index contributed by atoms with van der Waals surface area (Å²) in [6.07, 6.45) is 2.51. The van der Waals surface area contributed by atoms with E-state index in [1.165, 1.54) is 4.90 Å². The Labute approximate surface area is 198 Å². The molecule has 1 saturated heterocycles. The lowest BCUT2D eigenvalue weighted by Gasteiger charge is -2.32. The van der Waals surface area contributed by atoms with Crippen molar-refractivity contribution in [3.8, 4) is 11.5 Å². The lowest BCUT2D eigenvalue weighted by molar-refractivity contribution is -0.153. The summed E-state index contributed by atoms with van der Waals surface area (Å²) in [6.45, 7) is 4.35. The van der Waals surface area contributed by atoms with Crippen LogP contribution in [0.3, 0.4) is 0 Å². The molecule has 0 aliphatic carbocycles. The van der Waals surface area contributed by atoms with E-state index in [1.807, 2.05) is 36.4 Å². The summed E-state index contributed by atoms with van der Waals surface area (Å²) in [7, 11) is 1.55. The first kappa shape index (κ1) is 23.8. The van der Waals surface area contributed by atoms with E-state index in [-0.39, 0.29) is 31.9 Å². The summed E-state index contributed by atoms with van der Waals surface area (Å²) >= 11 is 0. The van der Waals surface area contributed by atoms with Gasteiger partial charge >= 0.3 is 5.97 Å². The number of aliphatic hydroxyl groups is 1. The first-order valence-corrected chi connectivity index (χ1v) is 11.7. The number of hydrogen-bond acceptors (Lipinski definition) is 5. The van der Waals surface area contributed by atoms with Crippen molar-refractivity contribution in [1.82, 2.24) is 4.90 Å². The molecule has 3 aromatic carbocycles. The number of benzene rings is 3. The average molecular weight is 466 g/mol. The molecule has 1 heterocycles. The molecule has 1 amide bonds. The number of hydrogen-bond donors (Lipinski definition) is 2. The highest BCUT2D eigenvalue weighted by Crippen LogP contribution is 2.38. The number of amides is 1. The summed E-state index contributed by atoms with van der Waals surface area (Å²) < 4.78 is 11.4. The standard InChI is InChI=1S/C27H31NO6/c1-4-5-10-34-20-7-6-17-11-18(15-28-25(30)8-9-27(28,2)26(31)32)22-14-24(33-3)19(16-29)12-23(22)21(17)13-20/h6-7,11-14,29H,4-5,8-10,15-16H2,1-3H3,(H,31,32). The molecule has 1 aliphatic rings. The maximum absolute atomic E-state index is 12.7. The minimum absolute atomic E-state index is 0.170. The number of methoxy groups -OCH3 is 1. The molecule has 0 aromatic heterocycles. The second-order valence-electron chi connectivity index (χ2n) is 9.05. The van der Waals surface area contributed by atoms with E-state index in [9.17, 15) is 19.8 Å². The molecular weight excluding hydrogens is 434 g/mol. The second kappa shape index (κ2) is 9.50. The number of carbonyl (C=O) groups is 2. The highest BCUT2D eigenvalue weighted by Gasteiger charge is 2.47. The highest BCUT2D eigenvalue weighted by atomic mass is 16.5. The molecular formula is C27H31NO6. The zero-order valence-corrected chi connectivity index (χ0v) is 19.9. The number of carboxylic acid groups (broad SMARTS) is 1. The van der Waals surface area contributed by atoms with E-state index in [4.69, 9.17) is 9.47 Å². The maximum atomic E-state index is 12.7. The molecule has 180 valence electrons. The maximum Gasteiger partial charge on any atom is 0.329 e. The molecule has 0 bridgehead atoms. The normalized spacial score (nSPS) is 18.1. The van der Waals surface area contributed by atoms with Crippen LogP contribution >= 0.6 is 0 Å². The number of nitrogens with zero attached hydrogens (tertiary/aromatic N) is 1. The van der Waals surface area contributed by atoms with Gasteiger partial charge in [-0.25, -0.2) is 4.79 Å². The van der Waals surface area contributed by atoms with Crippen molar-refractivity contribution >= 4 is 33.4 Å². The Morgan fingerprint density at radius 1 is 1.12 bits per heavy atom. The largest absolute Gasteiger partial charge is 0.496 e. The van der Waals surface area contributed by atoms with Gasteiger partial charge in [-0.2, -0.15) is 0 Å². The van der Waals surface area contributed by atoms with Crippen molar-refractivity contribution in [1.29, 1.82) is 0 Å². The van der Waals surface area contributed by atoms with Crippen LogP contribution in [0.5, 0.6) is 11.5 Å². The Morgan fingerprint density at radius 3 is 2.59 bits per heavy atom. The van der Waals surface area contributed by atoms with Crippen LogP contribution in [0, 0.1) is 0 Å². The predicted octanol–water partition coefficient (Wildman–Crippen LogP) is 4.64. The molecule has 1 aliphatic heterocycles. The molecule has 7 nitrogen and oxygen atoms in total. The molecule has 7 heteroatoms. The van der Waals surface area contributed by atoms with Crippen molar-refractivity contribution in [2.24, 2.45) is 0 Å². The summed E-state index contributed by atoms with van der Waals surface area (Å²) in [5, 5.41) is 23.4. The van der Waals surface area contributed by atoms with E-state index in [2.05, 4.69) is 6.92 Å². The number of rotatable bonds is 9. The van der Waals surface area contributed by atoms with Gasteiger partial charge in [-0.05, 0) is 77.2 Å². The van der Waals surface area contributed by atoms with Crippen molar-refractivity contribution in [2.75, 3.05) is 13.7 Å². The van der Waals surface area contributed by atoms with Crippen molar-refractivity contribution in [3.63, 3.8) is 0 Å². The fourth-order valence-electron chi connectivity index (χ4n) is 4.69. The fourth-order valence-corrected chi connectivity index (χ4v) is 4.69. The number of fused-ring (bicyclic) bond motifs is 3. The Kier molecular flexibility index (Phi) is 6.66. The van der Waals surface area contributed by atoms with Gasteiger partial charge < -0.3 is 24.6 Å². The average Bonchev–Trinajstić information content (AvgIpc) is 3.13. The van der Waals surface area contributed by atoms with Gasteiger partial charge in [-0.3, -0.25) is 4.79 Å².